The second kappa shape index (κ2) is 11.2. The van der Waals surface area contributed by atoms with Crippen molar-refractivity contribution >= 4 is 55.6 Å². The number of carbonyl (C=O) groups excluding carboxylic acids is 2. The average molecular weight is 508 g/mol. The van der Waals surface area contributed by atoms with E-state index >= 15 is 0 Å². The summed E-state index contributed by atoms with van der Waals surface area (Å²) in [7, 11) is 2.64. The maximum absolute atomic E-state index is 11.2. The number of hydrogen-bond donors (Lipinski definition) is 0. The Bertz CT molecular complexity index is 727. The standard InChI is InChI=1S/C8H9BrN2O2.C7H7BrN2O2S/c1-3-6-10-4-5(9)7(11-6)8(12)13-2;1-12-6(11)5-4(8)3-9-7(10-5)13-2/h4H,3H2,1-2H3;3H,1-2H3. The fourth-order valence-corrected chi connectivity index (χ4v) is 2.55. The van der Waals surface area contributed by atoms with Gasteiger partial charge in [-0.1, -0.05) is 18.7 Å². The van der Waals surface area contributed by atoms with Gasteiger partial charge in [-0.2, -0.15) is 0 Å². The molecule has 2 heterocycles. The van der Waals surface area contributed by atoms with Crippen LogP contribution in [0.25, 0.3) is 0 Å². The normalized spacial score (nSPS) is 9.77. The Kier molecular flexibility index (Phi) is 9.66. The second-order valence-electron chi connectivity index (χ2n) is 4.37. The van der Waals surface area contributed by atoms with Gasteiger partial charge in [0.2, 0.25) is 0 Å². The monoisotopic (exact) mass is 506 g/mol. The molecule has 0 saturated carbocycles. The number of esters is 2. The van der Waals surface area contributed by atoms with E-state index < -0.39 is 11.9 Å². The SMILES string of the molecule is CCc1ncc(Br)c(C(=O)OC)n1.COC(=O)c1nc(SC)ncc1Br. The van der Waals surface area contributed by atoms with Crippen molar-refractivity contribution in [1.82, 2.24) is 19.9 Å². The van der Waals surface area contributed by atoms with Crippen LogP contribution in [-0.4, -0.2) is 52.3 Å². The molecule has 0 saturated heterocycles. The van der Waals surface area contributed by atoms with Crippen LogP contribution in [-0.2, 0) is 15.9 Å². The van der Waals surface area contributed by atoms with Crippen LogP contribution in [0.1, 0.15) is 33.7 Å². The Balaban J connectivity index is 0.000000260. The van der Waals surface area contributed by atoms with Crippen molar-refractivity contribution < 1.29 is 19.1 Å². The van der Waals surface area contributed by atoms with Gasteiger partial charge in [-0.05, 0) is 38.1 Å². The summed E-state index contributed by atoms with van der Waals surface area (Å²) in [5, 5.41) is 0.545. The number of nitrogens with zero attached hydrogens (tertiary/aromatic N) is 4. The lowest BCUT2D eigenvalue weighted by Gasteiger charge is -2.02. The highest BCUT2D eigenvalue weighted by molar-refractivity contribution is 9.10. The first-order valence-corrected chi connectivity index (χ1v) is 9.93. The molecule has 140 valence electrons. The molecule has 0 aliphatic rings. The van der Waals surface area contributed by atoms with Gasteiger partial charge in [0.1, 0.15) is 5.82 Å². The van der Waals surface area contributed by atoms with E-state index in [9.17, 15) is 9.59 Å². The fraction of sp³-hybridized carbons (Fsp3) is 0.333. The molecular formula is C15H16Br2N4O4S. The highest BCUT2D eigenvalue weighted by Gasteiger charge is 2.14. The zero-order valence-electron chi connectivity index (χ0n) is 14.4. The molecule has 0 radical (unpaired) electrons. The number of aryl methyl sites for hydroxylation is 1. The van der Waals surface area contributed by atoms with Crippen LogP contribution in [0.5, 0.6) is 0 Å². The molecule has 0 spiro atoms. The number of rotatable bonds is 4. The van der Waals surface area contributed by atoms with Crippen LogP contribution in [0, 0.1) is 0 Å². The number of thioether (sulfide) groups is 1. The summed E-state index contributed by atoms with van der Waals surface area (Å²) >= 11 is 7.71. The van der Waals surface area contributed by atoms with E-state index in [1.54, 1.807) is 6.20 Å². The van der Waals surface area contributed by atoms with E-state index in [1.165, 1.54) is 32.2 Å². The van der Waals surface area contributed by atoms with E-state index in [-0.39, 0.29) is 11.4 Å². The zero-order valence-corrected chi connectivity index (χ0v) is 18.4. The first-order chi connectivity index (χ1) is 12.4. The van der Waals surface area contributed by atoms with E-state index in [0.717, 1.165) is 0 Å². The molecule has 0 fully saturated rings. The molecule has 0 bridgehead atoms. The van der Waals surface area contributed by atoms with Gasteiger partial charge in [-0.25, -0.2) is 29.5 Å². The molecule has 2 aromatic heterocycles. The van der Waals surface area contributed by atoms with Crippen LogP contribution >= 0.6 is 43.6 Å². The largest absolute Gasteiger partial charge is 0.464 e. The summed E-state index contributed by atoms with van der Waals surface area (Å²) in [6.07, 6.45) is 5.62. The molecule has 0 N–H and O–H groups in total. The van der Waals surface area contributed by atoms with Crippen molar-refractivity contribution in [2.75, 3.05) is 20.5 Å². The second-order valence-corrected chi connectivity index (χ2v) is 6.85. The van der Waals surface area contributed by atoms with E-state index in [4.69, 9.17) is 0 Å². The molecule has 0 aromatic carbocycles. The van der Waals surface area contributed by atoms with Crippen molar-refractivity contribution in [1.29, 1.82) is 0 Å². The number of halogens is 2. The zero-order chi connectivity index (χ0) is 19.7. The number of hydrogen-bond acceptors (Lipinski definition) is 9. The molecule has 26 heavy (non-hydrogen) atoms. The van der Waals surface area contributed by atoms with Crippen LogP contribution < -0.4 is 0 Å². The number of carbonyl (C=O) groups is 2. The first-order valence-electron chi connectivity index (χ1n) is 7.12. The highest BCUT2D eigenvalue weighted by Crippen LogP contribution is 2.17. The number of methoxy groups -OCH3 is 2. The smallest absolute Gasteiger partial charge is 0.358 e. The van der Waals surface area contributed by atoms with Gasteiger partial charge < -0.3 is 9.47 Å². The minimum absolute atomic E-state index is 0.252. The highest BCUT2D eigenvalue weighted by atomic mass is 79.9. The van der Waals surface area contributed by atoms with Crippen molar-refractivity contribution in [2.45, 2.75) is 18.5 Å². The summed E-state index contributed by atoms with van der Waals surface area (Å²) in [5.41, 5.74) is 0.524. The Morgan fingerprint density at radius 3 is 1.96 bits per heavy atom. The molecule has 0 amide bonds. The van der Waals surface area contributed by atoms with Gasteiger partial charge >= 0.3 is 11.9 Å². The van der Waals surface area contributed by atoms with E-state index in [0.29, 0.717) is 26.3 Å². The van der Waals surface area contributed by atoms with E-state index in [1.807, 2.05) is 13.2 Å². The van der Waals surface area contributed by atoms with Crippen molar-refractivity contribution in [3.8, 4) is 0 Å². The minimum atomic E-state index is -0.468. The maximum atomic E-state index is 11.2. The summed E-state index contributed by atoms with van der Waals surface area (Å²) in [4.78, 5) is 38.3. The van der Waals surface area contributed by atoms with Gasteiger partial charge in [0.05, 0.1) is 23.2 Å². The van der Waals surface area contributed by atoms with Gasteiger partial charge in [0, 0.05) is 18.8 Å². The maximum Gasteiger partial charge on any atom is 0.358 e. The van der Waals surface area contributed by atoms with Crippen LogP contribution in [0.4, 0.5) is 0 Å². The number of ether oxygens (including phenoxy) is 2. The summed E-state index contributed by atoms with van der Waals surface area (Å²) in [5.74, 6) is -0.294. The third-order valence-electron chi connectivity index (χ3n) is 2.77. The topological polar surface area (TPSA) is 104 Å². The Labute approximate surface area is 171 Å². The average Bonchev–Trinajstić information content (AvgIpc) is 2.68. The first kappa shape index (κ1) is 22.5. The summed E-state index contributed by atoms with van der Waals surface area (Å²) in [6, 6.07) is 0. The molecule has 0 unspecified atom stereocenters. The van der Waals surface area contributed by atoms with Gasteiger partial charge in [-0.3, -0.25) is 0 Å². The third-order valence-corrected chi connectivity index (χ3v) is 4.49. The lowest BCUT2D eigenvalue weighted by atomic mass is 10.4. The summed E-state index contributed by atoms with van der Waals surface area (Å²) < 4.78 is 10.2. The lowest BCUT2D eigenvalue weighted by Crippen LogP contribution is -2.08. The van der Waals surface area contributed by atoms with Crippen molar-refractivity contribution in [2.24, 2.45) is 0 Å². The predicted octanol–water partition coefficient (Wildman–Crippen LogP) is 3.34. The lowest BCUT2D eigenvalue weighted by molar-refractivity contribution is 0.0583. The van der Waals surface area contributed by atoms with Crippen LogP contribution in [0.2, 0.25) is 0 Å². The molecule has 0 aliphatic carbocycles. The van der Waals surface area contributed by atoms with Gasteiger partial charge in [-0.15, -0.1) is 0 Å². The minimum Gasteiger partial charge on any atom is -0.464 e. The molecule has 2 aromatic rings. The third kappa shape index (κ3) is 6.29. The van der Waals surface area contributed by atoms with E-state index in [2.05, 4.69) is 61.3 Å². The quantitative estimate of drug-likeness (QED) is 0.350. The molecule has 2 rings (SSSR count). The predicted molar refractivity (Wildman–Crippen MR) is 103 cm³/mol. The number of aromatic nitrogens is 4. The van der Waals surface area contributed by atoms with Gasteiger partial charge in [0.15, 0.2) is 16.5 Å². The van der Waals surface area contributed by atoms with Crippen LogP contribution in [0.3, 0.4) is 0 Å². The fourth-order valence-electron chi connectivity index (χ4n) is 1.50. The molecular weight excluding hydrogens is 492 g/mol. The Hall–Kier alpha value is -1.59. The molecule has 0 aliphatic heterocycles. The molecule has 8 nitrogen and oxygen atoms in total. The van der Waals surface area contributed by atoms with Crippen molar-refractivity contribution in [3.05, 3.63) is 38.6 Å². The summed E-state index contributed by atoms with van der Waals surface area (Å²) in [6.45, 7) is 1.92. The Morgan fingerprint density at radius 1 is 1.00 bits per heavy atom. The Morgan fingerprint density at radius 2 is 1.50 bits per heavy atom. The van der Waals surface area contributed by atoms with Crippen molar-refractivity contribution in [3.63, 3.8) is 0 Å². The molecule has 11 heteroatoms. The van der Waals surface area contributed by atoms with Gasteiger partial charge in [0.25, 0.3) is 0 Å². The van der Waals surface area contributed by atoms with Crippen LogP contribution in [0.15, 0.2) is 26.5 Å². The molecule has 0 atom stereocenters.